The third-order valence-electron chi connectivity index (χ3n) is 4.94. The second-order valence-corrected chi connectivity index (χ2v) is 7.22. The number of morpholine rings is 1. The lowest BCUT2D eigenvalue weighted by atomic mass is 10.2. The number of ether oxygens (including phenoxy) is 1. The molecule has 0 spiro atoms. The molecule has 4 rings (SSSR count). The lowest BCUT2D eigenvalue weighted by Crippen LogP contribution is -2.36. The van der Waals surface area contributed by atoms with E-state index in [0.29, 0.717) is 18.8 Å². The molecule has 1 amide bonds. The minimum atomic E-state index is -0.723. The molecule has 8 nitrogen and oxygen atoms in total. The first kappa shape index (κ1) is 21.4. The topological polar surface area (TPSA) is 105 Å². The first-order valence-corrected chi connectivity index (χ1v) is 10.0. The van der Waals surface area contributed by atoms with E-state index in [2.05, 4.69) is 25.5 Å². The molecule has 4 N–H and O–H groups in total. The predicted molar refractivity (Wildman–Crippen MR) is 117 cm³/mol. The summed E-state index contributed by atoms with van der Waals surface area (Å²) < 4.78 is 32.2. The SMILES string of the molecule is NC(=O)c1cnc(Nc2ccc(N3CCOCC3)cc2)nc1NCc1cc(F)cc(F)c1. The number of hydrogen-bond donors (Lipinski definition) is 3. The Morgan fingerprint density at radius 2 is 1.78 bits per heavy atom. The number of nitrogens with two attached hydrogens (primary N) is 1. The Hall–Kier alpha value is -3.79. The number of aromatic nitrogens is 2. The van der Waals surface area contributed by atoms with Crippen LogP contribution in [0.4, 0.5) is 31.9 Å². The Bertz CT molecular complexity index is 1080. The highest BCUT2D eigenvalue weighted by Gasteiger charge is 2.14. The molecule has 1 fully saturated rings. The Balaban J connectivity index is 1.48. The smallest absolute Gasteiger partial charge is 0.254 e. The van der Waals surface area contributed by atoms with E-state index in [1.165, 1.54) is 18.3 Å². The summed E-state index contributed by atoms with van der Waals surface area (Å²) >= 11 is 0. The van der Waals surface area contributed by atoms with Crippen LogP contribution in [0.3, 0.4) is 0 Å². The Labute approximate surface area is 183 Å². The Kier molecular flexibility index (Phi) is 6.41. The Morgan fingerprint density at radius 3 is 2.44 bits per heavy atom. The van der Waals surface area contributed by atoms with Crippen LogP contribution in [0.2, 0.25) is 0 Å². The van der Waals surface area contributed by atoms with Crippen LogP contribution in [0, 0.1) is 11.6 Å². The van der Waals surface area contributed by atoms with E-state index in [1.807, 2.05) is 24.3 Å². The van der Waals surface area contributed by atoms with Crippen LogP contribution in [0.25, 0.3) is 0 Å². The van der Waals surface area contributed by atoms with Gasteiger partial charge in [0.1, 0.15) is 17.5 Å². The number of primary amides is 1. The maximum atomic E-state index is 13.4. The number of nitrogens with zero attached hydrogens (tertiary/aromatic N) is 3. The lowest BCUT2D eigenvalue weighted by Gasteiger charge is -2.28. The molecule has 2 aromatic carbocycles. The number of amides is 1. The molecule has 1 aromatic heterocycles. The third-order valence-corrected chi connectivity index (χ3v) is 4.94. The van der Waals surface area contributed by atoms with Crippen LogP contribution in [0.15, 0.2) is 48.7 Å². The number of halogens is 2. The molecule has 1 saturated heterocycles. The van der Waals surface area contributed by atoms with E-state index in [0.717, 1.165) is 30.5 Å². The average Bonchev–Trinajstić information content (AvgIpc) is 2.78. The average molecular weight is 440 g/mol. The van der Waals surface area contributed by atoms with Gasteiger partial charge in [0, 0.05) is 43.3 Å². The molecular weight excluding hydrogens is 418 g/mol. The molecule has 32 heavy (non-hydrogen) atoms. The van der Waals surface area contributed by atoms with E-state index in [9.17, 15) is 13.6 Å². The van der Waals surface area contributed by atoms with E-state index in [1.54, 1.807) is 0 Å². The highest BCUT2D eigenvalue weighted by molar-refractivity contribution is 5.97. The van der Waals surface area contributed by atoms with E-state index in [-0.39, 0.29) is 23.9 Å². The van der Waals surface area contributed by atoms with Gasteiger partial charge in [-0.05, 0) is 42.0 Å². The molecular formula is C22H22F2N6O2. The zero-order chi connectivity index (χ0) is 22.5. The van der Waals surface area contributed by atoms with Crippen molar-refractivity contribution in [3.8, 4) is 0 Å². The Morgan fingerprint density at radius 1 is 1.09 bits per heavy atom. The van der Waals surface area contributed by atoms with Gasteiger partial charge in [0.05, 0.1) is 18.8 Å². The van der Waals surface area contributed by atoms with Crippen molar-refractivity contribution in [1.82, 2.24) is 9.97 Å². The fourth-order valence-electron chi connectivity index (χ4n) is 3.36. The van der Waals surface area contributed by atoms with E-state index >= 15 is 0 Å². The van der Waals surface area contributed by atoms with Crippen LogP contribution in [-0.2, 0) is 11.3 Å². The first-order valence-electron chi connectivity index (χ1n) is 10.0. The summed E-state index contributed by atoms with van der Waals surface area (Å²) in [5.74, 6) is -1.71. The van der Waals surface area contributed by atoms with Crippen LogP contribution >= 0.6 is 0 Å². The highest BCUT2D eigenvalue weighted by atomic mass is 19.1. The summed E-state index contributed by atoms with van der Waals surface area (Å²) in [6.45, 7) is 3.14. The summed E-state index contributed by atoms with van der Waals surface area (Å²) in [4.78, 5) is 22.4. The maximum absolute atomic E-state index is 13.4. The van der Waals surface area contributed by atoms with Gasteiger partial charge in [0.25, 0.3) is 5.91 Å². The van der Waals surface area contributed by atoms with Gasteiger partial charge in [0.2, 0.25) is 5.95 Å². The van der Waals surface area contributed by atoms with Crippen LogP contribution < -0.4 is 21.3 Å². The molecule has 0 saturated carbocycles. The number of rotatable bonds is 7. The summed E-state index contributed by atoms with van der Waals surface area (Å²) in [7, 11) is 0. The van der Waals surface area contributed by atoms with Crippen molar-refractivity contribution in [3.05, 3.63) is 71.4 Å². The molecule has 0 unspecified atom stereocenters. The quantitative estimate of drug-likeness (QED) is 0.519. The normalized spacial score (nSPS) is 13.6. The van der Waals surface area contributed by atoms with Crippen LogP contribution in [-0.4, -0.2) is 42.2 Å². The van der Waals surface area contributed by atoms with Crippen molar-refractivity contribution in [1.29, 1.82) is 0 Å². The minimum Gasteiger partial charge on any atom is -0.378 e. The van der Waals surface area contributed by atoms with Gasteiger partial charge >= 0.3 is 0 Å². The molecule has 10 heteroatoms. The second kappa shape index (κ2) is 9.56. The molecule has 1 aliphatic heterocycles. The summed E-state index contributed by atoms with van der Waals surface area (Å²) in [5.41, 5.74) is 7.67. The molecule has 0 bridgehead atoms. The van der Waals surface area contributed by atoms with Crippen molar-refractivity contribution in [2.45, 2.75) is 6.54 Å². The van der Waals surface area contributed by atoms with Crippen molar-refractivity contribution in [3.63, 3.8) is 0 Å². The monoisotopic (exact) mass is 440 g/mol. The number of nitrogens with one attached hydrogen (secondary N) is 2. The summed E-state index contributed by atoms with van der Waals surface area (Å²) in [6.07, 6.45) is 1.30. The molecule has 2 heterocycles. The summed E-state index contributed by atoms with van der Waals surface area (Å²) in [5, 5.41) is 5.98. The standard InChI is InChI=1S/C22H22F2N6O2/c23-15-9-14(10-16(24)11-15)12-26-21-19(20(25)31)13-27-22(29-21)28-17-1-3-18(4-2-17)30-5-7-32-8-6-30/h1-4,9-11,13H,5-8,12H2,(H2,25,31)(H2,26,27,28,29). The van der Waals surface area contributed by atoms with Gasteiger partial charge in [-0.15, -0.1) is 0 Å². The number of carbonyl (C=O) groups excluding carboxylic acids is 1. The highest BCUT2D eigenvalue weighted by Crippen LogP contribution is 2.22. The number of hydrogen-bond acceptors (Lipinski definition) is 7. The predicted octanol–water partition coefficient (Wildman–Crippen LogP) is 3.05. The zero-order valence-corrected chi connectivity index (χ0v) is 17.1. The van der Waals surface area contributed by atoms with Crippen molar-refractivity contribution in [2.75, 3.05) is 41.8 Å². The maximum Gasteiger partial charge on any atom is 0.254 e. The minimum absolute atomic E-state index is 0.0413. The van der Waals surface area contributed by atoms with Gasteiger partial charge in [-0.2, -0.15) is 4.98 Å². The molecule has 3 aromatic rings. The van der Waals surface area contributed by atoms with E-state index in [4.69, 9.17) is 10.5 Å². The zero-order valence-electron chi connectivity index (χ0n) is 17.1. The van der Waals surface area contributed by atoms with Crippen LogP contribution in [0.1, 0.15) is 15.9 Å². The molecule has 0 radical (unpaired) electrons. The first-order chi connectivity index (χ1) is 15.5. The number of anilines is 4. The van der Waals surface area contributed by atoms with Crippen molar-refractivity contribution < 1.29 is 18.3 Å². The molecule has 166 valence electrons. The van der Waals surface area contributed by atoms with Gasteiger partial charge in [-0.25, -0.2) is 13.8 Å². The number of carbonyl (C=O) groups is 1. The van der Waals surface area contributed by atoms with Crippen molar-refractivity contribution >= 4 is 29.0 Å². The second-order valence-electron chi connectivity index (χ2n) is 7.22. The van der Waals surface area contributed by atoms with Gasteiger partial charge in [-0.1, -0.05) is 0 Å². The van der Waals surface area contributed by atoms with Gasteiger partial charge in [-0.3, -0.25) is 4.79 Å². The number of benzene rings is 2. The van der Waals surface area contributed by atoms with Crippen molar-refractivity contribution in [2.24, 2.45) is 5.73 Å². The fourth-order valence-corrected chi connectivity index (χ4v) is 3.36. The van der Waals surface area contributed by atoms with E-state index < -0.39 is 17.5 Å². The van der Waals surface area contributed by atoms with Gasteiger partial charge < -0.3 is 26.0 Å². The lowest BCUT2D eigenvalue weighted by molar-refractivity contribution is 0.100. The van der Waals surface area contributed by atoms with Gasteiger partial charge in [0.15, 0.2) is 0 Å². The molecule has 0 atom stereocenters. The molecule has 1 aliphatic rings. The summed E-state index contributed by atoms with van der Waals surface area (Å²) in [6, 6.07) is 11.0. The third kappa shape index (κ3) is 5.27. The molecule has 0 aliphatic carbocycles. The van der Waals surface area contributed by atoms with Crippen LogP contribution in [0.5, 0.6) is 0 Å². The largest absolute Gasteiger partial charge is 0.378 e. The fraction of sp³-hybridized carbons (Fsp3) is 0.227.